The van der Waals surface area contributed by atoms with Crippen LogP contribution in [-0.2, 0) is 0 Å². The first-order chi connectivity index (χ1) is 9.06. The van der Waals surface area contributed by atoms with Gasteiger partial charge in [0, 0.05) is 23.8 Å². The quantitative estimate of drug-likeness (QED) is 0.879. The molecule has 1 saturated heterocycles. The molecule has 3 nitrogen and oxygen atoms in total. The number of hydrogen-bond acceptors (Lipinski definition) is 3. The Hall–Kier alpha value is -1.17. The van der Waals surface area contributed by atoms with E-state index in [0.29, 0.717) is 18.0 Å². The second-order valence-electron chi connectivity index (χ2n) is 5.00. The van der Waals surface area contributed by atoms with Crippen LogP contribution in [0.15, 0.2) is 18.2 Å². The van der Waals surface area contributed by atoms with E-state index in [-0.39, 0.29) is 30.2 Å². The summed E-state index contributed by atoms with van der Waals surface area (Å²) in [5.74, 6) is -0.248. The molecule has 1 aliphatic rings. The number of hydrogen-bond donors (Lipinski definition) is 1. The third-order valence-corrected chi connectivity index (χ3v) is 4.87. The van der Waals surface area contributed by atoms with Crippen molar-refractivity contribution in [1.29, 1.82) is 0 Å². The van der Waals surface area contributed by atoms with Gasteiger partial charge < -0.3 is 10.6 Å². The molecule has 1 atom stereocenters. The van der Waals surface area contributed by atoms with E-state index in [1.807, 2.05) is 6.92 Å². The summed E-state index contributed by atoms with van der Waals surface area (Å²) in [4.78, 5) is 14.9. The van der Waals surface area contributed by atoms with E-state index in [1.54, 1.807) is 11.0 Å². The lowest BCUT2D eigenvalue weighted by Crippen LogP contribution is -2.31. The highest BCUT2D eigenvalue weighted by Crippen LogP contribution is 2.32. The van der Waals surface area contributed by atoms with Crippen LogP contribution in [0.3, 0.4) is 0 Å². The minimum atomic E-state index is -0.268. The third kappa shape index (κ3) is 2.53. The number of thiophene rings is 1. The minimum Gasteiger partial charge on any atom is -0.336 e. The Labute approximate surface area is 127 Å². The Kier molecular flexibility index (Phi) is 4.32. The van der Waals surface area contributed by atoms with Crippen LogP contribution >= 0.6 is 23.7 Å². The number of carbonyl (C=O) groups excluding carboxylic acids is 1. The molecule has 1 aliphatic heterocycles. The van der Waals surface area contributed by atoms with Gasteiger partial charge in [-0.2, -0.15) is 0 Å². The Bertz CT molecular complexity index is 658. The molecule has 20 heavy (non-hydrogen) atoms. The van der Waals surface area contributed by atoms with Gasteiger partial charge in [0.2, 0.25) is 0 Å². The highest BCUT2D eigenvalue weighted by molar-refractivity contribution is 7.21. The van der Waals surface area contributed by atoms with Gasteiger partial charge in [0.1, 0.15) is 5.82 Å². The Morgan fingerprint density at radius 1 is 1.50 bits per heavy atom. The van der Waals surface area contributed by atoms with Crippen molar-refractivity contribution in [2.75, 3.05) is 13.1 Å². The van der Waals surface area contributed by atoms with E-state index in [1.165, 1.54) is 23.5 Å². The van der Waals surface area contributed by atoms with Gasteiger partial charge in [-0.05, 0) is 42.5 Å². The third-order valence-electron chi connectivity index (χ3n) is 3.60. The first-order valence-corrected chi connectivity index (χ1v) is 7.11. The molecule has 2 heterocycles. The Morgan fingerprint density at radius 2 is 2.25 bits per heavy atom. The zero-order valence-electron chi connectivity index (χ0n) is 11.1. The van der Waals surface area contributed by atoms with Crippen molar-refractivity contribution in [3.63, 3.8) is 0 Å². The van der Waals surface area contributed by atoms with Crippen molar-refractivity contribution in [2.24, 2.45) is 5.73 Å². The molecule has 108 valence electrons. The van der Waals surface area contributed by atoms with Crippen molar-refractivity contribution >= 4 is 39.7 Å². The number of aryl methyl sites for hydroxylation is 1. The van der Waals surface area contributed by atoms with Crippen molar-refractivity contribution in [2.45, 2.75) is 19.4 Å². The van der Waals surface area contributed by atoms with Crippen LogP contribution in [0.4, 0.5) is 4.39 Å². The monoisotopic (exact) mass is 314 g/mol. The molecule has 0 radical (unpaired) electrons. The molecule has 0 bridgehead atoms. The molecule has 2 N–H and O–H groups in total. The van der Waals surface area contributed by atoms with Crippen molar-refractivity contribution in [3.05, 3.63) is 34.5 Å². The maximum absolute atomic E-state index is 13.3. The SMILES string of the molecule is Cc1c(C(=O)N2CC[C@@H](N)C2)sc2ccc(F)cc12.Cl. The summed E-state index contributed by atoms with van der Waals surface area (Å²) in [6.07, 6.45) is 0.851. The number of amides is 1. The van der Waals surface area contributed by atoms with Gasteiger partial charge >= 0.3 is 0 Å². The smallest absolute Gasteiger partial charge is 0.264 e. The Balaban J connectivity index is 0.00000147. The van der Waals surface area contributed by atoms with Gasteiger partial charge in [0.25, 0.3) is 5.91 Å². The number of likely N-dealkylation sites (tertiary alicyclic amines) is 1. The van der Waals surface area contributed by atoms with Crippen LogP contribution in [-0.4, -0.2) is 29.9 Å². The fraction of sp³-hybridized carbons (Fsp3) is 0.357. The largest absolute Gasteiger partial charge is 0.336 e. The van der Waals surface area contributed by atoms with Crippen molar-refractivity contribution in [3.8, 4) is 0 Å². The van der Waals surface area contributed by atoms with Gasteiger partial charge in [-0.3, -0.25) is 4.79 Å². The van der Waals surface area contributed by atoms with Crippen LogP contribution in [0.2, 0.25) is 0 Å². The lowest BCUT2D eigenvalue weighted by atomic mass is 10.1. The zero-order valence-corrected chi connectivity index (χ0v) is 12.7. The lowest BCUT2D eigenvalue weighted by Gasteiger charge is -2.15. The molecule has 1 aromatic carbocycles. The minimum absolute atomic E-state index is 0. The summed E-state index contributed by atoms with van der Waals surface area (Å²) in [6.45, 7) is 3.20. The normalized spacial score (nSPS) is 18.4. The average Bonchev–Trinajstić information content (AvgIpc) is 2.94. The summed E-state index contributed by atoms with van der Waals surface area (Å²) in [5, 5.41) is 0.830. The van der Waals surface area contributed by atoms with Crippen LogP contribution < -0.4 is 5.73 Å². The standard InChI is InChI=1S/C14H15FN2OS.ClH/c1-8-11-6-9(15)2-3-12(11)19-13(8)14(18)17-5-4-10(16)7-17;/h2-3,6,10H,4-5,7,16H2,1H3;1H/t10-;/m1./s1. The van der Waals surface area contributed by atoms with Crippen LogP contribution in [0, 0.1) is 12.7 Å². The van der Waals surface area contributed by atoms with Gasteiger partial charge in [-0.15, -0.1) is 23.7 Å². The number of rotatable bonds is 1. The summed E-state index contributed by atoms with van der Waals surface area (Å²) in [5.41, 5.74) is 6.70. The molecular weight excluding hydrogens is 299 g/mol. The summed E-state index contributed by atoms with van der Waals surface area (Å²) in [7, 11) is 0. The molecular formula is C14H16ClFN2OS. The van der Waals surface area contributed by atoms with E-state index >= 15 is 0 Å². The van der Waals surface area contributed by atoms with Crippen molar-refractivity contribution < 1.29 is 9.18 Å². The van der Waals surface area contributed by atoms with Crippen LogP contribution in [0.5, 0.6) is 0 Å². The van der Waals surface area contributed by atoms with Gasteiger partial charge in [-0.1, -0.05) is 0 Å². The van der Waals surface area contributed by atoms with Gasteiger partial charge in [-0.25, -0.2) is 4.39 Å². The molecule has 0 spiro atoms. The number of nitrogens with zero attached hydrogens (tertiary/aromatic N) is 1. The maximum Gasteiger partial charge on any atom is 0.264 e. The molecule has 0 unspecified atom stereocenters. The lowest BCUT2D eigenvalue weighted by molar-refractivity contribution is 0.0795. The highest BCUT2D eigenvalue weighted by atomic mass is 35.5. The van der Waals surface area contributed by atoms with E-state index in [4.69, 9.17) is 5.73 Å². The van der Waals surface area contributed by atoms with Gasteiger partial charge in [0.15, 0.2) is 0 Å². The summed E-state index contributed by atoms with van der Waals surface area (Å²) < 4.78 is 14.2. The van der Waals surface area contributed by atoms with Crippen LogP contribution in [0.25, 0.3) is 10.1 Å². The fourth-order valence-corrected chi connectivity index (χ4v) is 3.67. The Morgan fingerprint density at radius 3 is 2.90 bits per heavy atom. The molecule has 3 rings (SSSR count). The van der Waals surface area contributed by atoms with E-state index in [2.05, 4.69) is 0 Å². The fourth-order valence-electron chi connectivity index (χ4n) is 2.51. The summed E-state index contributed by atoms with van der Waals surface area (Å²) in [6, 6.07) is 4.73. The van der Waals surface area contributed by atoms with E-state index in [0.717, 1.165) is 22.1 Å². The van der Waals surface area contributed by atoms with E-state index < -0.39 is 0 Å². The van der Waals surface area contributed by atoms with Crippen LogP contribution in [0.1, 0.15) is 21.7 Å². The van der Waals surface area contributed by atoms with Crippen molar-refractivity contribution in [1.82, 2.24) is 4.90 Å². The first-order valence-electron chi connectivity index (χ1n) is 6.30. The second-order valence-corrected chi connectivity index (χ2v) is 6.05. The predicted octanol–water partition coefficient (Wildman–Crippen LogP) is 2.94. The van der Waals surface area contributed by atoms with Gasteiger partial charge in [0.05, 0.1) is 4.88 Å². The number of benzene rings is 1. The molecule has 1 fully saturated rings. The summed E-state index contributed by atoms with van der Waals surface area (Å²) >= 11 is 1.43. The topological polar surface area (TPSA) is 46.3 Å². The zero-order chi connectivity index (χ0) is 13.6. The molecule has 6 heteroatoms. The number of carbonyl (C=O) groups is 1. The molecule has 0 saturated carbocycles. The highest BCUT2D eigenvalue weighted by Gasteiger charge is 2.27. The maximum atomic E-state index is 13.3. The van der Waals surface area contributed by atoms with E-state index in [9.17, 15) is 9.18 Å². The molecule has 1 amide bonds. The number of nitrogens with two attached hydrogens (primary N) is 1. The first kappa shape index (κ1) is 15.2. The predicted molar refractivity (Wildman–Crippen MR) is 82.3 cm³/mol. The number of fused-ring (bicyclic) bond motifs is 1. The average molecular weight is 315 g/mol. The number of halogens is 2. The molecule has 0 aliphatic carbocycles. The second kappa shape index (κ2) is 5.68. The molecule has 1 aromatic heterocycles. The molecule has 2 aromatic rings.